The Hall–Kier alpha value is -2.17. The van der Waals surface area contributed by atoms with Crippen molar-refractivity contribution in [3.8, 4) is 0 Å². The zero-order chi connectivity index (χ0) is 18.9. The quantitative estimate of drug-likeness (QED) is 0.601. The Balaban J connectivity index is 1.80. The summed E-state index contributed by atoms with van der Waals surface area (Å²) < 4.78 is 38.5. The number of carbonyl (C=O) groups excluding carboxylic acids is 2. The van der Waals surface area contributed by atoms with Crippen LogP contribution in [0.2, 0.25) is 0 Å². The molecular weight excluding hydrogens is 405 g/mol. The highest BCUT2D eigenvalue weighted by atomic mass is 32.2. The normalized spacial score (nSPS) is 16.4. The molecule has 2 amide bonds. The zero-order valence-corrected chi connectivity index (χ0v) is 15.2. The summed E-state index contributed by atoms with van der Waals surface area (Å²) in [7, 11) is 0. The number of rotatable bonds is 3. The van der Waals surface area contributed by atoms with E-state index in [0.29, 0.717) is 4.88 Å². The molecule has 0 bridgehead atoms. The van der Waals surface area contributed by atoms with Crippen molar-refractivity contribution < 1.29 is 22.8 Å². The summed E-state index contributed by atoms with van der Waals surface area (Å²) in [5, 5.41) is 2.63. The van der Waals surface area contributed by atoms with Crippen LogP contribution >= 0.6 is 35.3 Å². The van der Waals surface area contributed by atoms with Gasteiger partial charge in [0.05, 0.1) is 15.3 Å². The number of carbonyl (C=O) groups is 2. The van der Waals surface area contributed by atoms with E-state index in [1.54, 1.807) is 17.5 Å². The Bertz CT molecular complexity index is 908. The SMILES string of the molecule is O=C(NN1C(=O)C(=Cc2cccc(C(F)(F)F)c2)SC1=S)c1cccs1. The van der Waals surface area contributed by atoms with E-state index in [9.17, 15) is 22.8 Å². The number of amides is 2. The predicted octanol–water partition coefficient (Wildman–Crippen LogP) is 4.31. The maximum Gasteiger partial charge on any atom is 0.416 e. The van der Waals surface area contributed by atoms with Crippen LogP contribution in [0.15, 0.2) is 46.7 Å². The molecule has 1 aromatic heterocycles. The molecule has 1 N–H and O–H groups in total. The number of hydrogen-bond acceptors (Lipinski definition) is 5. The molecule has 3 rings (SSSR count). The van der Waals surface area contributed by atoms with Crippen molar-refractivity contribution in [2.45, 2.75) is 6.18 Å². The van der Waals surface area contributed by atoms with Crippen LogP contribution < -0.4 is 5.43 Å². The number of thiocarbonyl (C=S) groups is 1. The molecule has 26 heavy (non-hydrogen) atoms. The molecule has 0 atom stereocenters. The highest BCUT2D eigenvalue weighted by Crippen LogP contribution is 2.33. The topological polar surface area (TPSA) is 49.4 Å². The number of alkyl halides is 3. The van der Waals surface area contributed by atoms with E-state index < -0.39 is 23.6 Å². The first kappa shape index (κ1) is 18.6. The first-order valence-corrected chi connectivity index (χ1v) is 9.16. The smallest absolute Gasteiger partial charge is 0.266 e. The zero-order valence-electron chi connectivity index (χ0n) is 12.7. The van der Waals surface area contributed by atoms with Crippen LogP contribution in [0.1, 0.15) is 20.8 Å². The van der Waals surface area contributed by atoms with E-state index in [-0.39, 0.29) is 14.8 Å². The van der Waals surface area contributed by atoms with E-state index in [0.717, 1.165) is 28.9 Å². The lowest BCUT2D eigenvalue weighted by Crippen LogP contribution is -2.44. The van der Waals surface area contributed by atoms with Crippen molar-refractivity contribution in [2.24, 2.45) is 0 Å². The molecule has 1 aliphatic rings. The number of nitrogens with one attached hydrogen (secondary N) is 1. The van der Waals surface area contributed by atoms with Crippen molar-refractivity contribution in [1.82, 2.24) is 10.4 Å². The van der Waals surface area contributed by atoms with Crippen LogP contribution in [-0.2, 0) is 11.0 Å². The van der Waals surface area contributed by atoms with Gasteiger partial charge in [0.25, 0.3) is 11.8 Å². The molecular formula is C16H9F3N2O2S3. The van der Waals surface area contributed by atoms with Crippen LogP contribution in [0.3, 0.4) is 0 Å². The minimum absolute atomic E-state index is 0.0955. The summed E-state index contributed by atoms with van der Waals surface area (Å²) in [5.74, 6) is -1.08. The Morgan fingerprint density at radius 1 is 1.23 bits per heavy atom. The van der Waals surface area contributed by atoms with Gasteiger partial charge in [-0.15, -0.1) is 11.3 Å². The first-order valence-electron chi connectivity index (χ1n) is 7.05. The van der Waals surface area contributed by atoms with E-state index in [2.05, 4.69) is 5.43 Å². The van der Waals surface area contributed by atoms with Gasteiger partial charge in [0.1, 0.15) is 0 Å². The van der Waals surface area contributed by atoms with Crippen LogP contribution in [0.5, 0.6) is 0 Å². The molecule has 2 aromatic rings. The molecule has 1 fully saturated rings. The van der Waals surface area contributed by atoms with Gasteiger partial charge in [-0.25, -0.2) is 0 Å². The summed E-state index contributed by atoms with van der Waals surface area (Å²) in [5.41, 5.74) is 1.81. The summed E-state index contributed by atoms with van der Waals surface area (Å²) >= 11 is 7.19. The minimum atomic E-state index is -4.47. The summed E-state index contributed by atoms with van der Waals surface area (Å²) in [6, 6.07) is 7.88. The third kappa shape index (κ3) is 3.97. The van der Waals surface area contributed by atoms with Gasteiger partial charge in [-0.1, -0.05) is 30.0 Å². The average Bonchev–Trinajstić information content (AvgIpc) is 3.19. The molecule has 1 saturated heterocycles. The predicted molar refractivity (Wildman–Crippen MR) is 98.2 cm³/mol. The van der Waals surface area contributed by atoms with Gasteiger partial charge in [0.15, 0.2) is 4.32 Å². The van der Waals surface area contributed by atoms with Crippen molar-refractivity contribution in [3.63, 3.8) is 0 Å². The highest BCUT2D eigenvalue weighted by Gasteiger charge is 2.34. The van der Waals surface area contributed by atoms with Crippen LogP contribution in [0, 0.1) is 0 Å². The number of hydrazine groups is 1. The second-order valence-corrected chi connectivity index (χ2v) is 7.68. The molecule has 0 spiro atoms. The van der Waals surface area contributed by atoms with Crippen molar-refractivity contribution in [3.05, 3.63) is 62.7 Å². The molecule has 4 nitrogen and oxygen atoms in total. The Labute approximate surface area is 159 Å². The first-order chi connectivity index (χ1) is 12.3. The van der Waals surface area contributed by atoms with Crippen LogP contribution in [0.25, 0.3) is 6.08 Å². The maximum absolute atomic E-state index is 12.8. The van der Waals surface area contributed by atoms with Crippen LogP contribution in [-0.4, -0.2) is 21.1 Å². The minimum Gasteiger partial charge on any atom is -0.266 e. The lowest BCUT2D eigenvalue weighted by Gasteiger charge is -2.14. The highest BCUT2D eigenvalue weighted by molar-refractivity contribution is 8.26. The number of nitrogens with zero attached hydrogens (tertiary/aromatic N) is 1. The Morgan fingerprint density at radius 2 is 2.00 bits per heavy atom. The van der Waals surface area contributed by atoms with Gasteiger partial charge in [-0.05, 0) is 47.4 Å². The van der Waals surface area contributed by atoms with Crippen molar-refractivity contribution in [1.29, 1.82) is 0 Å². The van der Waals surface area contributed by atoms with E-state index in [1.165, 1.54) is 29.5 Å². The maximum atomic E-state index is 12.8. The second kappa shape index (κ2) is 7.22. The van der Waals surface area contributed by atoms with E-state index >= 15 is 0 Å². The Morgan fingerprint density at radius 3 is 2.65 bits per heavy atom. The van der Waals surface area contributed by atoms with Crippen molar-refractivity contribution in [2.75, 3.05) is 0 Å². The molecule has 134 valence electrons. The molecule has 0 saturated carbocycles. The average molecular weight is 414 g/mol. The second-order valence-electron chi connectivity index (χ2n) is 5.06. The number of thiophene rings is 1. The number of halogens is 3. The molecule has 2 heterocycles. The molecule has 0 aliphatic carbocycles. The van der Waals surface area contributed by atoms with Gasteiger partial charge >= 0.3 is 6.18 Å². The fourth-order valence-corrected chi connectivity index (χ4v) is 3.88. The number of hydrogen-bond donors (Lipinski definition) is 1. The lowest BCUT2D eigenvalue weighted by molar-refractivity contribution is -0.137. The van der Waals surface area contributed by atoms with Crippen molar-refractivity contribution >= 4 is 57.5 Å². The summed E-state index contributed by atoms with van der Waals surface area (Å²) in [4.78, 5) is 25.0. The van der Waals surface area contributed by atoms with E-state index in [1.807, 2.05) is 0 Å². The summed E-state index contributed by atoms with van der Waals surface area (Å²) in [6.45, 7) is 0. The fraction of sp³-hybridized carbons (Fsp3) is 0.0625. The Kier molecular flexibility index (Phi) is 5.17. The molecule has 0 unspecified atom stereocenters. The molecule has 10 heteroatoms. The third-order valence-corrected chi connectivity index (χ3v) is 5.43. The largest absolute Gasteiger partial charge is 0.416 e. The number of benzene rings is 1. The van der Waals surface area contributed by atoms with Gasteiger partial charge in [-0.2, -0.15) is 18.2 Å². The van der Waals surface area contributed by atoms with Crippen LogP contribution in [0.4, 0.5) is 13.2 Å². The van der Waals surface area contributed by atoms with Gasteiger partial charge in [0.2, 0.25) is 0 Å². The monoisotopic (exact) mass is 414 g/mol. The molecule has 1 aromatic carbocycles. The molecule has 1 aliphatic heterocycles. The van der Waals surface area contributed by atoms with E-state index in [4.69, 9.17) is 12.2 Å². The third-order valence-electron chi connectivity index (χ3n) is 3.26. The van der Waals surface area contributed by atoms with Gasteiger partial charge in [-0.3, -0.25) is 15.0 Å². The summed E-state index contributed by atoms with van der Waals surface area (Å²) in [6.07, 6.45) is -3.16. The lowest BCUT2D eigenvalue weighted by atomic mass is 10.1. The molecule has 0 radical (unpaired) electrons. The van der Waals surface area contributed by atoms with Gasteiger partial charge < -0.3 is 0 Å². The van der Waals surface area contributed by atoms with Gasteiger partial charge in [0, 0.05) is 0 Å². The standard InChI is InChI=1S/C16H9F3N2O2S3/c17-16(18,19)10-4-1-3-9(7-10)8-12-14(23)21(15(24)26-12)20-13(22)11-5-2-6-25-11/h1-8H,(H,20,22). The number of thioether (sulfide) groups is 1. The fourth-order valence-electron chi connectivity index (χ4n) is 2.08.